The molecule has 1 fully saturated rings. The Balaban J connectivity index is 0.00000261. The lowest BCUT2D eigenvalue weighted by molar-refractivity contribution is -0.140. The number of nitrogens with zero attached hydrogens (tertiary/aromatic N) is 5. The van der Waals surface area contributed by atoms with Crippen LogP contribution in [0.5, 0.6) is 0 Å². The normalized spacial score (nSPS) is 15.5. The second-order valence-corrected chi connectivity index (χ2v) is 6.63. The van der Waals surface area contributed by atoms with Gasteiger partial charge in [-0.3, -0.25) is 4.99 Å². The molecule has 0 atom stereocenters. The molecule has 1 N–H and O–H groups in total. The van der Waals surface area contributed by atoms with E-state index in [1.54, 1.807) is 13.2 Å². The van der Waals surface area contributed by atoms with Gasteiger partial charge in [0.15, 0.2) is 11.7 Å². The molecule has 6 nitrogen and oxygen atoms in total. The van der Waals surface area contributed by atoms with Crippen molar-refractivity contribution in [3.63, 3.8) is 0 Å². The smallest absolute Gasteiger partial charge is 0.353 e. The van der Waals surface area contributed by atoms with E-state index in [0.29, 0.717) is 11.0 Å². The maximum absolute atomic E-state index is 12.6. The van der Waals surface area contributed by atoms with E-state index >= 15 is 0 Å². The molecule has 0 unspecified atom stereocenters. The number of aliphatic imine (C=N–C) groups is 1. The van der Waals surface area contributed by atoms with E-state index < -0.39 is 11.9 Å². The molecule has 3 heterocycles. The SMILES string of the molecule is CN=C(NCc1nc(C(F)(F)F)cs1)N1CCN(c2ccccn2)CC1.I. The average molecular weight is 512 g/mol. The minimum absolute atomic E-state index is 0. The van der Waals surface area contributed by atoms with Crippen LogP contribution in [0.15, 0.2) is 34.8 Å². The summed E-state index contributed by atoms with van der Waals surface area (Å²) in [5.41, 5.74) is -0.849. The Morgan fingerprint density at radius 3 is 2.56 bits per heavy atom. The third-order valence-electron chi connectivity index (χ3n) is 4.00. The monoisotopic (exact) mass is 512 g/mol. The Labute approximate surface area is 176 Å². The van der Waals surface area contributed by atoms with Crippen molar-refractivity contribution in [3.8, 4) is 0 Å². The number of aromatic nitrogens is 2. The quantitative estimate of drug-likeness (QED) is 0.390. The van der Waals surface area contributed by atoms with Crippen LogP contribution in [-0.4, -0.2) is 54.1 Å². The van der Waals surface area contributed by atoms with Crippen molar-refractivity contribution in [3.05, 3.63) is 40.5 Å². The number of halogens is 4. The molecular weight excluding hydrogens is 492 g/mol. The van der Waals surface area contributed by atoms with Gasteiger partial charge in [-0.05, 0) is 12.1 Å². The molecule has 27 heavy (non-hydrogen) atoms. The van der Waals surface area contributed by atoms with E-state index in [2.05, 4.69) is 30.1 Å². The Morgan fingerprint density at radius 1 is 1.26 bits per heavy atom. The van der Waals surface area contributed by atoms with Gasteiger partial charge >= 0.3 is 6.18 Å². The summed E-state index contributed by atoms with van der Waals surface area (Å²) in [5, 5.41) is 4.51. The standard InChI is InChI=1S/C16H19F3N6S.HI/c1-20-15(22-10-14-23-12(11-26-14)16(17,18)19)25-8-6-24(7-9-25)13-4-2-3-5-21-13;/h2-5,11H,6-10H2,1H3,(H,20,22);1H. The Bertz CT molecular complexity index is 744. The number of thiazole rings is 1. The summed E-state index contributed by atoms with van der Waals surface area (Å²) >= 11 is 0.990. The van der Waals surface area contributed by atoms with Crippen molar-refractivity contribution in [2.24, 2.45) is 4.99 Å². The largest absolute Gasteiger partial charge is 0.434 e. The fraction of sp³-hybridized carbons (Fsp3) is 0.438. The summed E-state index contributed by atoms with van der Waals surface area (Å²) in [5.74, 6) is 1.60. The molecule has 0 aliphatic carbocycles. The summed E-state index contributed by atoms with van der Waals surface area (Å²) in [4.78, 5) is 16.5. The number of nitrogens with one attached hydrogen (secondary N) is 1. The van der Waals surface area contributed by atoms with Crippen LogP contribution in [0, 0.1) is 0 Å². The number of rotatable bonds is 3. The third kappa shape index (κ3) is 5.67. The number of hydrogen-bond acceptors (Lipinski definition) is 5. The van der Waals surface area contributed by atoms with Gasteiger partial charge in [0.1, 0.15) is 10.8 Å². The molecule has 2 aromatic heterocycles. The topological polar surface area (TPSA) is 56.7 Å². The van der Waals surface area contributed by atoms with Crippen molar-refractivity contribution >= 4 is 47.1 Å². The molecule has 0 spiro atoms. The summed E-state index contributed by atoms with van der Waals surface area (Å²) < 4.78 is 37.8. The van der Waals surface area contributed by atoms with E-state index in [0.717, 1.165) is 48.7 Å². The van der Waals surface area contributed by atoms with Gasteiger partial charge in [0.2, 0.25) is 0 Å². The molecule has 2 aromatic rings. The Hall–Kier alpha value is -1.63. The van der Waals surface area contributed by atoms with Crippen LogP contribution in [0.2, 0.25) is 0 Å². The highest BCUT2D eigenvalue weighted by molar-refractivity contribution is 14.0. The summed E-state index contributed by atoms with van der Waals surface area (Å²) in [6.07, 6.45) is -2.64. The van der Waals surface area contributed by atoms with Gasteiger partial charge in [-0.25, -0.2) is 9.97 Å². The molecule has 0 aromatic carbocycles. The number of hydrogen-bond donors (Lipinski definition) is 1. The van der Waals surface area contributed by atoms with Gasteiger partial charge in [-0.2, -0.15) is 13.2 Å². The van der Waals surface area contributed by atoms with Crippen molar-refractivity contribution < 1.29 is 13.2 Å². The number of alkyl halides is 3. The molecule has 0 saturated carbocycles. The molecule has 148 valence electrons. The predicted molar refractivity (Wildman–Crippen MR) is 111 cm³/mol. The fourth-order valence-corrected chi connectivity index (χ4v) is 3.44. The van der Waals surface area contributed by atoms with Crippen LogP contribution >= 0.6 is 35.3 Å². The van der Waals surface area contributed by atoms with Crippen molar-refractivity contribution in [1.82, 2.24) is 20.2 Å². The zero-order valence-electron chi connectivity index (χ0n) is 14.6. The highest BCUT2D eigenvalue weighted by atomic mass is 127. The lowest BCUT2D eigenvalue weighted by atomic mass is 10.3. The maximum atomic E-state index is 12.6. The van der Waals surface area contributed by atoms with Crippen molar-refractivity contribution in [2.75, 3.05) is 38.1 Å². The number of anilines is 1. The summed E-state index contributed by atoms with van der Waals surface area (Å²) in [7, 11) is 1.66. The van der Waals surface area contributed by atoms with Gasteiger partial charge in [0.25, 0.3) is 0 Å². The number of guanidine groups is 1. The van der Waals surface area contributed by atoms with Crippen LogP contribution in [0.3, 0.4) is 0 Å². The molecule has 1 aliphatic rings. The highest BCUT2D eigenvalue weighted by Gasteiger charge is 2.33. The molecule has 3 rings (SSSR count). The van der Waals surface area contributed by atoms with Crippen LogP contribution < -0.4 is 10.2 Å². The summed E-state index contributed by atoms with van der Waals surface area (Å²) in [6.45, 7) is 3.32. The first kappa shape index (κ1) is 21.7. The third-order valence-corrected chi connectivity index (χ3v) is 4.85. The van der Waals surface area contributed by atoms with Gasteiger partial charge in [0.05, 0.1) is 6.54 Å². The van der Waals surface area contributed by atoms with Crippen LogP contribution in [0.25, 0.3) is 0 Å². The maximum Gasteiger partial charge on any atom is 0.434 e. The number of piperazine rings is 1. The van der Waals surface area contributed by atoms with Crippen LogP contribution in [0.1, 0.15) is 10.7 Å². The van der Waals surface area contributed by atoms with Crippen molar-refractivity contribution in [1.29, 1.82) is 0 Å². The molecule has 0 radical (unpaired) electrons. The minimum atomic E-state index is -4.40. The molecule has 0 amide bonds. The Kier molecular flexibility index (Phi) is 7.65. The average Bonchev–Trinajstić information content (AvgIpc) is 3.13. The predicted octanol–water partition coefficient (Wildman–Crippen LogP) is 3.07. The molecule has 11 heteroatoms. The first-order chi connectivity index (χ1) is 12.5. The van der Waals surface area contributed by atoms with E-state index in [-0.39, 0.29) is 30.5 Å². The lowest BCUT2D eigenvalue weighted by Gasteiger charge is -2.37. The minimum Gasteiger partial charge on any atom is -0.353 e. The lowest BCUT2D eigenvalue weighted by Crippen LogP contribution is -2.52. The second-order valence-electron chi connectivity index (χ2n) is 5.69. The van der Waals surface area contributed by atoms with Crippen LogP contribution in [0.4, 0.5) is 19.0 Å². The first-order valence-electron chi connectivity index (χ1n) is 8.10. The molecule has 1 saturated heterocycles. The van der Waals surface area contributed by atoms with Crippen molar-refractivity contribution in [2.45, 2.75) is 12.7 Å². The van der Waals surface area contributed by atoms with Gasteiger partial charge in [0, 0.05) is 44.8 Å². The van der Waals surface area contributed by atoms with Gasteiger partial charge in [-0.1, -0.05) is 6.07 Å². The Morgan fingerprint density at radius 2 is 2.00 bits per heavy atom. The number of pyridine rings is 1. The first-order valence-corrected chi connectivity index (χ1v) is 8.98. The molecule has 1 aliphatic heterocycles. The van der Waals surface area contributed by atoms with Gasteiger partial charge < -0.3 is 15.1 Å². The highest BCUT2D eigenvalue weighted by Crippen LogP contribution is 2.29. The molecule has 0 bridgehead atoms. The van der Waals surface area contributed by atoms with Crippen LogP contribution in [-0.2, 0) is 12.7 Å². The summed E-state index contributed by atoms with van der Waals surface area (Å²) in [6, 6.07) is 5.82. The van der Waals surface area contributed by atoms with E-state index in [4.69, 9.17) is 0 Å². The zero-order chi connectivity index (χ0) is 18.6. The van der Waals surface area contributed by atoms with E-state index in [9.17, 15) is 13.2 Å². The fourth-order valence-electron chi connectivity index (χ4n) is 2.70. The zero-order valence-corrected chi connectivity index (χ0v) is 17.8. The second kappa shape index (κ2) is 9.53. The van der Waals surface area contributed by atoms with E-state index in [1.165, 1.54) is 0 Å². The molecular formula is C16H20F3IN6S. The van der Waals surface area contributed by atoms with E-state index in [1.807, 2.05) is 18.2 Å². The van der Waals surface area contributed by atoms with Gasteiger partial charge in [-0.15, -0.1) is 35.3 Å².